The number of halogens is 3. The van der Waals surface area contributed by atoms with Crippen LogP contribution in [0.25, 0.3) is 0 Å². The van der Waals surface area contributed by atoms with Crippen LogP contribution < -0.4 is 5.32 Å². The average molecular weight is 444 g/mol. The number of anilines is 1. The van der Waals surface area contributed by atoms with Crippen LogP contribution in [0.5, 0.6) is 0 Å². The first-order valence-corrected chi connectivity index (χ1v) is 11.4. The van der Waals surface area contributed by atoms with Crippen molar-refractivity contribution in [1.82, 2.24) is 19.6 Å². The van der Waals surface area contributed by atoms with E-state index in [1.165, 1.54) is 0 Å². The van der Waals surface area contributed by atoms with Gasteiger partial charge in [0.2, 0.25) is 5.91 Å². The molecule has 2 aliphatic rings. The zero-order chi connectivity index (χ0) is 23.0. The van der Waals surface area contributed by atoms with Gasteiger partial charge in [0.15, 0.2) is 6.04 Å². The van der Waals surface area contributed by atoms with Crippen LogP contribution in [-0.2, 0) is 10.2 Å². The fraction of sp³-hybridized carbons (Fsp3) is 0.818. The molecule has 0 bridgehead atoms. The van der Waals surface area contributed by atoms with E-state index in [-0.39, 0.29) is 29.7 Å². The predicted molar refractivity (Wildman–Crippen MR) is 115 cm³/mol. The summed E-state index contributed by atoms with van der Waals surface area (Å²) in [5.41, 5.74) is 0.329. The van der Waals surface area contributed by atoms with Crippen LogP contribution in [0, 0.1) is 5.92 Å². The minimum atomic E-state index is -4.35. The molecule has 1 aromatic rings. The van der Waals surface area contributed by atoms with Crippen molar-refractivity contribution in [2.24, 2.45) is 5.92 Å². The van der Waals surface area contributed by atoms with Gasteiger partial charge in [-0.3, -0.25) is 9.69 Å². The highest BCUT2D eigenvalue weighted by atomic mass is 19.4. The standard InChI is InChI=1S/C22H36F3N5O/c1-6-28(7-2)14-20(31)29-10-8-15(9-11-29)16-12-18(22(23,24)25)30-19(26-16)13-17(27-30)21(3,4)5/h13,15-16,18,26H,6-12,14H2,1-5H3/t16-,18+/m0/s1. The highest BCUT2D eigenvalue weighted by Gasteiger charge is 2.48. The molecule has 1 N–H and O–H groups in total. The second-order valence-electron chi connectivity index (χ2n) is 9.83. The molecule has 3 rings (SSSR count). The lowest BCUT2D eigenvalue weighted by molar-refractivity contribution is -0.174. The minimum Gasteiger partial charge on any atom is -0.367 e. The smallest absolute Gasteiger partial charge is 0.367 e. The van der Waals surface area contributed by atoms with E-state index >= 15 is 0 Å². The monoisotopic (exact) mass is 443 g/mol. The Morgan fingerprint density at radius 1 is 1.19 bits per heavy atom. The topological polar surface area (TPSA) is 53.4 Å². The maximum absolute atomic E-state index is 13.9. The molecule has 0 aromatic carbocycles. The van der Waals surface area contributed by atoms with Gasteiger partial charge in [0.05, 0.1) is 12.2 Å². The summed E-state index contributed by atoms with van der Waals surface area (Å²) >= 11 is 0. The lowest BCUT2D eigenvalue weighted by Gasteiger charge is -2.41. The fourth-order valence-corrected chi connectivity index (χ4v) is 4.57. The largest absolute Gasteiger partial charge is 0.410 e. The third-order valence-electron chi connectivity index (χ3n) is 6.70. The van der Waals surface area contributed by atoms with Crippen molar-refractivity contribution in [3.8, 4) is 0 Å². The number of alkyl halides is 3. The molecular formula is C22H36F3N5O. The van der Waals surface area contributed by atoms with E-state index in [1.54, 1.807) is 6.07 Å². The quantitative estimate of drug-likeness (QED) is 0.746. The van der Waals surface area contributed by atoms with Gasteiger partial charge in [0.25, 0.3) is 0 Å². The molecule has 2 atom stereocenters. The summed E-state index contributed by atoms with van der Waals surface area (Å²) in [5, 5.41) is 7.65. The van der Waals surface area contributed by atoms with Crippen LogP contribution in [0.3, 0.4) is 0 Å². The predicted octanol–water partition coefficient (Wildman–Crippen LogP) is 4.05. The normalized spacial score (nSPS) is 23.1. The Labute approximate surface area is 183 Å². The summed E-state index contributed by atoms with van der Waals surface area (Å²) in [6.07, 6.45) is -2.95. The number of nitrogens with zero attached hydrogens (tertiary/aromatic N) is 4. The summed E-state index contributed by atoms with van der Waals surface area (Å²) < 4.78 is 42.8. The molecule has 6 nitrogen and oxygen atoms in total. The van der Waals surface area contributed by atoms with E-state index in [9.17, 15) is 18.0 Å². The van der Waals surface area contributed by atoms with Crippen LogP contribution in [0.4, 0.5) is 19.0 Å². The molecule has 3 heterocycles. The molecule has 1 fully saturated rings. The molecule has 31 heavy (non-hydrogen) atoms. The van der Waals surface area contributed by atoms with Crippen LogP contribution in [0.15, 0.2) is 6.07 Å². The number of piperidine rings is 1. The molecular weight excluding hydrogens is 407 g/mol. The second kappa shape index (κ2) is 9.00. The fourth-order valence-electron chi connectivity index (χ4n) is 4.57. The van der Waals surface area contributed by atoms with Crippen molar-refractivity contribution in [3.63, 3.8) is 0 Å². The van der Waals surface area contributed by atoms with E-state index in [0.717, 1.165) is 17.8 Å². The molecule has 0 saturated carbocycles. The van der Waals surface area contributed by atoms with Crippen LogP contribution in [-0.4, -0.2) is 70.4 Å². The third-order valence-corrected chi connectivity index (χ3v) is 6.70. The van der Waals surface area contributed by atoms with E-state index in [2.05, 4.69) is 15.3 Å². The maximum atomic E-state index is 13.9. The van der Waals surface area contributed by atoms with Crippen molar-refractivity contribution in [1.29, 1.82) is 0 Å². The van der Waals surface area contributed by atoms with Gasteiger partial charge in [0, 0.05) is 30.6 Å². The van der Waals surface area contributed by atoms with Gasteiger partial charge in [0.1, 0.15) is 5.82 Å². The van der Waals surface area contributed by atoms with Crippen molar-refractivity contribution in [2.45, 2.75) is 77.6 Å². The summed E-state index contributed by atoms with van der Waals surface area (Å²) in [4.78, 5) is 16.5. The molecule has 1 amide bonds. The number of fused-ring (bicyclic) bond motifs is 1. The summed E-state index contributed by atoms with van der Waals surface area (Å²) in [7, 11) is 0. The number of likely N-dealkylation sites (N-methyl/N-ethyl adjacent to an activating group) is 1. The number of carbonyl (C=O) groups excluding carboxylic acids is 1. The zero-order valence-electron chi connectivity index (χ0n) is 19.3. The third kappa shape index (κ3) is 5.35. The first-order valence-electron chi connectivity index (χ1n) is 11.4. The number of nitrogens with one attached hydrogen (secondary N) is 1. The van der Waals surface area contributed by atoms with E-state index in [1.807, 2.05) is 39.5 Å². The molecule has 0 unspecified atom stereocenters. The van der Waals surface area contributed by atoms with Gasteiger partial charge in [-0.1, -0.05) is 34.6 Å². The molecule has 2 aliphatic heterocycles. The Bertz CT molecular complexity index is 758. The Morgan fingerprint density at radius 2 is 1.81 bits per heavy atom. The number of likely N-dealkylation sites (tertiary alicyclic amines) is 1. The SMILES string of the molecule is CCN(CC)CC(=O)N1CCC([C@@H]2C[C@H](C(F)(F)F)n3nc(C(C)(C)C)cc3N2)CC1. The van der Waals surface area contributed by atoms with Gasteiger partial charge in [-0.2, -0.15) is 18.3 Å². The van der Waals surface area contributed by atoms with Gasteiger partial charge in [-0.15, -0.1) is 0 Å². The summed E-state index contributed by atoms with van der Waals surface area (Å²) in [6, 6.07) is -0.135. The number of hydrogen-bond acceptors (Lipinski definition) is 4. The maximum Gasteiger partial charge on any atom is 0.410 e. The molecule has 0 aliphatic carbocycles. The minimum absolute atomic E-state index is 0.0280. The highest BCUT2D eigenvalue weighted by Crippen LogP contribution is 2.43. The molecule has 176 valence electrons. The number of rotatable bonds is 5. The van der Waals surface area contributed by atoms with Gasteiger partial charge < -0.3 is 10.2 Å². The van der Waals surface area contributed by atoms with Crippen molar-refractivity contribution < 1.29 is 18.0 Å². The van der Waals surface area contributed by atoms with Crippen LogP contribution in [0.1, 0.15) is 65.6 Å². The van der Waals surface area contributed by atoms with Gasteiger partial charge >= 0.3 is 6.18 Å². The molecule has 0 radical (unpaired) electrons. The number of hydrogen-bond donors (Lipinski definition) is 1. The molecule has 1 aromatic heterocycles. The lowest BCUT2D eigenvalue weighted by atomic mass is 9.84. The van der Waals surface area contributed by atoms with Crippen LogP contribution in [0.2, 0.25) is 0 Å². The van der Waals surface area contributed by atoms with E-state index in [0.29, 0.717) is 44.0 Å². The number of aromatic nitrogens is 2. The molecule has 1 saturated heterocycles. The Kier molecular flexibility index (Phi) is 6.93. The van der Waals surface area contributed by atoms with Gasteiger partial charge in [-0.05, 0) is 38.3 Å². The number of carbonyl (C=O) groups is 1. The highest BCUT2D eigenvalue weighted by molar-refractivity contribution is 5.78. The molecule has 9 heteroatoms. The van der Waals surface area contributed by atoms with E-state index in [4.69, 9.17) is 0 Å². The van der Waals surface area contributed by atoms with E-state index < -0.39 is 12.2 Å². The summed E-state index contributed by atoms with van der Waals surface area (Å²) in [6.45, 7) is 13.2. The number of amides is 1. The van der Waals surface area contributed by atoms with Crippen LogP contribution >= 0.6 is 0 Å². The van der Waals surface area contributed by atoms with Crippen molar-refractivity contribution >= 4 is 11.7 Å². The zero-order valence-corrected chi connectivity index (χ0v) is 19.3. The van der Waals surface area contributed by atoms with Crippen molar-refractivity contribution in [2.75, 3.05) is 38.0 Å². The first kappa shape index (κ1) is 23.9. The second-order valence-corrected chi connectivity index (χ2v) is 9.83. The summed E-state index contributed by atoms with van der Waals surface area (Å²) in [5.74, 6) is 0.660. The Morgan fingerprint density at radius 3 is 2.32 bits per heavy atom. The molecule has 0 spiro atoms. The van der Waals surface area contributed by atoms with Crippen molar-refractivity contribution in [3.05, 3.63) is 11.8 Å². The Hall–Kier alpha value is -1.77. The lowest BCUT2D eigenvalue weighted by Crippen LogP contribution is -2.48. The van der Waals surface area contributed by atoms with Gasteiger partial charge in [-0.25, -0.2) is 4.68 Å². The average Bonchev–Trinajstić information content (AvgIpc) is 3.15. The first-order chi connectivity index (χ1) is 14.4. The Balaban J connectivity index is 1.69.